The predicted octanol–water partition coefficient (Wildman–Crippen LogP) is 2.36. The summed E-state index contributed by atoms with van der Waals surface area (Å²) < 4.78 is 24.8. The second-order valence-electron chi connectivity index (χ2n) is 5.53. The molecule has 0 spiro atoms. The van der Waals surface area contributed by atoms with Gasteiger partial charge >= 0.3 is 0 Å². The monoisotopic (exact) mass is 379 g/mol. The lowest BCUT2D eigenvalue weighted by Crippen LogP contribution is -2.29. The summed E-state index contributed by atoms with van der Waals surface area (Å²) in [5, 5.41) is 2.77. The van der Waals surface area contributed by atoms with Crippen molar-refractivity contribution in [1.29, 1.82) is 0 Å². The van der Waals surface area contributed by atoms with Crippen molar-refractivity contribution >= 4 is 44.8 Å². The van der Waals surface area contributed by atoms with Crippen LogP contribution in [0.5, 0.6) is 0 Å². The highest BCUT2D eigenvalue weighted by Crippen LogP contribution is 2.33. The number of halogens is 1. The van der Waals surface area contributed by atoms with Crippen molar-refractivity contribution in [3.8, 4) is 0 Å². The van der Waals surface area contributed by atoms with Gasteiger partial charge in [-0.05, 0) is 37.3 Å². The smallest absolute Gasteiger partial charge is 0.255 e. The number of carbonyl (C=O) groups excluding carboxylic acids is 2. The lowest BCUT2D eigenvalue weighted by atomic mass is 10.1. The molecule has 7 nitrogen and oxygen atoms in total. The zero-order valence-electron chi connectivity index (χ0n) is 13.2. The Balaban J connectivity index is 1.94. The molecule has 3 rings (SSSR count). The second kappa shape index (κ2) is 6.45. The van der Waals surface area contributed by atoms with E-state index >= 15 is 0 Å². The van der Waals surface area contributed by atoms with Gasteiger partial charge < -0.3 is 5.32 Å². The summed E-state index contributed by atoms with van der Waals surface area (Å²) in [5.41, 5.74) is 1.47. The number of aromatic nitrogens is 1. The van der Waals surface area contributed by atoms with Gasteiger partial charge in [-0.15, -0.1) is 0 Å². The van der Waals surface area contributed by atoms with Crippen LogP contribution in [-0.2, 0) is 14.8 Å². The third-order valence-corrected chi connectivity index (χ3v) is 5.66. The van der Waals surface area contributed by atoms with E-state index in [-0.39, 0.29) is 28.4 Å². The standard InChI is InChI=1S/C16H14ClN3O4S/c1-10-8-12(4-6-18-10)19-16(22)11-2-3-13(17)14(9-11)20-15(21)5-7-25(20,23)24/h2-4,6,8-9H,5,7H2,1H3,(H,18,19,22). The third kappa shape index (κ3) is 3.49. The van der Waals surface area contributed by atoms with Crippen molar-refractivity contribution in [3.63, 3.8) is 0 Å². The first-order valence-corrected chi connectivity index (χ1v) is 9.36. The van der Waals surface area contributed by atoms with Crippen LogP contribution < -0.4 is 9.62 Å². The summed E-state index contributed by atoms with van der Waals surface area (Å²) in [6.07, 6.45) is 1.46. The van der Waals surface area contributed by atoms with Gasteiger partial charge in [-0.3, -0.25) is 14.6 Å². The number of nitrogens with one attached hydrogen (secondary N) is 1. The van der Waals surface area contributed by atoms with E-state index in [4.69, 9.17) is 11.6 Å². The minimum Gasteiger partial charge on any atom is -0.322 e. The molecule has 0 bridgehead atoms. The van der Waals surface area contributed by atoms with Gasteiger partial charge in [0.1, 0.15) is 0 Å². The molecule has 1 aliphatic heterocycles. The molecule has 9 heteroatoms. The van der Waals surface area contributed by atoms with E-state index < -0.39 is 21.8 Å². The second-order valence-corrected chi connectivity index (χ2v) is 7.87. The van der Waals surface area contributed by atoms with Crippen molar-refractivity contribution < 1.29 is 18.0 Å². The lowest BCUT2D eigenvalue weighted by molar-refractivity contribution is -0.116. The largest absolute Gasteiger partial charge is 0.322 e. The van der Waals surface area contributed by atoms with E-state index in [0.717, 1.165) is 5.69 Å². The molecule has 0 atom stereocenters. The SMILES string of the molecule is Cc1cc(NC(=O)c2ccc(Cl)c(N3C(=O)CCS3(=O)=O)c2)ccn1. The summed E-state index contributed by atoms with van der Waals surface area (Å²) in [7, 11) is -3.76. The number of anilines is 2. The number of pyridine rings is 1. The number of rotatable bonds is 3. The Labute approximate surface area is 149 Å². The Morgan fingerprint density at radius 1 is 1.28 bits per heavy atom. The average molecular weight is 380 g/mol. The van der Waals surface area contributed by atoms with Crippen molar-refractivity contribution in [2.75, 3.05) is 15.4 Å². The minimum atomic E-state index is -3.76. The third-order valence-electron chi connectivity index (χ3n) is 3.66. The Morgan fingerprint density at radius 2 is 2.04 bits per heavy atom. The number of hydrogen-bond donors (Lipinski definition) is 1. The van der Waals surface area contributed by atoms with Crippen LogP contribution in [0.3, 0.4) is 0 Å². The molecule has 0 aliphatic carbocycles. The zero-order chi connectivity index (χ0) is 18.2. The molecular weight excluding hydrogens is 366 g/mol. The van der Waals surface area contributed by atoms with E-state index in [2.05, 4.69) is 10.3 Å². The van der Waals surface area contributed by atoms with Crippen molar-refractivity contribution in [2.24, 2.45) is 0 Å². The maximum Gasteiger partial charge on any atom is 0.255 e. The molecular formula is C16H14ClN3O4S. The minimum absolute atomic E-state index is 0.0114. The van der Waals surface area contributed by atoms with Crippen LogP contribution >= 0.6 is 11.6 Å². The molecule has 1 N–H and O–H groups in total. The summed E-state index contributed by atoms with van der Waals surface area (Å²) in [4.78, 5) is 28.4. The average Bonchev–Trinajstić information content (AvgIpc) is 2.81. The Bertz CT molecular complexity index is 975. The van der Waals surface area contributed by atoms with Gasteiger partial charge in [0.25, 0.3) is 5.91 Å². The van der Waals surface area contributed by atoms with E-state index in [0.29, 0.717) is 9.99 Å². The molecule has 2 amide bonds. The molecule has 1 aromatic carbocycles. The number of aryl methyl sites for hydroxylation is 1. The summed E-state index contributed by atoms with van der Waals surface area (Å²) in [6.45, 7) is 1.79. The van der Waals surface area contributed by atoms with Gasteiger partial charge in [-0.25, -0.2) is 12.7 Å². The van der Waals surface area contributed by atoms with Crippen LogP contribution in [0.1, 0.15) is 22.5 Å². The summed E-state index contributed by atoms with van der Waals surface area (Å²) >= 11 is 6.06. The molecule has 1 aliphatic rings. The quantitative estimate of drug-likeness (QED) is 0.883. The first-order valence-electron chi connectivity index (χ1n) is 7.37. The lowest BCUT2D eigenvalue weighted by Gasteiger charge is -2.17. The van der Waals surface area contributed by atoms with Crippen molar-refractivity contribution in [3.05, 3.63) is 52.8 Å². The fraction of sp³-hybridized carbons (Fsp3) is 0.188. The number of carbonyl (C=O) groups is 2. The maximum atomic E-state index is 12.4. The summed E-state index contributed by atoms with van der Waals surface area (Å²) in [5.74, 6) is -1.29. The summed E-state index contributed by atoms with van der Waals surface area (Å²) in [6, 6.07) is 7.49. The van der Waals surface area contributed by atoms with E-state index in [9.17, 15) is 18.0 Å². The number of sulfonamides is 1. The van der Waals surface area contributed by atoms with Gasteiger partial charge in [-0.2, -0.15) is 0 Å². The van der Waals surface area contributed by atoms with Crippen molar-refractivity contribution in [2.45, 2.75) is 13.3 Å². The van der Waals surface area contributed by atoms with E-state index in [1.54, 1.807) is 25.3 Å². The molecule has 130 valence electrons. The van der Waals surface area contributed by atoms with Crippen LogP contribution in [0.15, 0.2) is 36.5 Å². The highest BCUT2D eigenvalue weighted by atomic mass is 35.5. The Hall–Kier alpha value is -2.45. The van der Waals surface area contributed by atoms with Gasteiger partial charge in [0.2, 0.25) is 15.9 Å². The topological polar surface area (TPSA) is 96.4 Å². The highest BCUT2D eigenvalue weighted by Gasteiger charge is 2.37. The molecule has 0 unspecified atom stereocenters. The normalized spacial score (nSPS) is 16.1. The molecule has 1 fully saturated rings. The van der Waals surface area contributed by atoms with E-state index in [1.165, 1.54) is 18.2 Å². The van der Waals surface area contributed by atoms with Crippen LogP contribution in [0, 0.1) is 6.92 Å². The molecule has 1 aromatic heterocycles. The maximum absolute atomic E-state index is 12.4. The van der Waals surface area contributed by atoms with Gasteiger partial charge in [0.05, 0.1) is 16.5 Å². The first-order chi connectivity index (χ1) is 11.8. The highest BCUT2D eigenvalue weighted by molar-refractivity contribution is 7.94. The number of hydrogen-bond acceptors (Lipinski definition) is 5. The van der Waals surface area contributed by atoms with E-state index in [1.807, 2.05) is 0 Å². The molecule has 2 aromatic rings. The fourth-order valence-electron chi connectivity index (χ4n) is 2.48. The number of benzene rings is 1. The van der Waals surface area contributed by atoms with Crippen LogP contribution in [0.4, 0.5) is 11.4 Å². The molecule has 0 saturated carbocycles. The van der Waals surface area contributed by atoms with Gasteiger partial charge in [0.15, 0.2) is 0 Å². The van der Waals surface area contributed by atoms with Gasteiger partial charge in [-0.1, -0.05) is 11.6 Å². The molecule has 25 heavy (non-hydrogen) atoms. The number of nitrogens with zero attached hydrogens (tertiary/aromatic N) is 2. The zero-order valence-corrected chi connectivity index (χ0v) is 14.8. The molecule has 2 heterocycles. The fourth-order valence-corrected chi connectivity index (χ4v) is 4.20. The molecule has 1 saturated heterocycles. The Kier molecular flexibility index (Phi) is 4.49. The van der Waals surface area contributed by atoms with Crippen molar-refractivity contribution in [1.82, 2.24) is 4.98 Å². The number of amides is 2. The van der Waals surface area contributed by atoms with Crippen LogP contribution in [0.25, 0.3) is 0 Å². The van der Waals surface area contributed by atoms with Gasteiger partial charge in [0, 0.05) is 29.6 Å². The van der Waals surface area contributed by atoms with Crippen LogP contribution in [0.2, 0.25) is 5.02 Å². The predicted molar refractivity (Wildman–Crippen MR) is 94.3 cm³/mol. The van der Waals surface area contributed by atoms with Crippen LogP contribution in [-0.4, -0.2) is 31.0 Å². The Morgan fingerprint density at radius 3 is 2.68 bits per heavy atom. The first kappa shape index (κ1) is 17.4. The molecule has 0 radical (unpaired) electrons.